The van der Waals surface area contributed by atoms with Crippen molar-refractivity contribution in [3.8, 4) is 0 Å². The van der Waals surface area contributed by atoms with Crippen LogP contribution >= 0.6 is 0 Å². The van der Waals surface area contributed by atoms with Gasteiger partial charge in [0.1, 0.15) is 6.04 Å². The third kappa shape index (κ3) is 4.56. The van der Waals surface area contributed by atoms with Crippen molar-refractivity contribution >= 4 is 29.3 Å². The number of amides is 4. The molecule has 8 heteroatoms. The first-order valence-corrected chi connectivity index (χ1v) is 9.77. The second-order valence-electron chi connectivity index (χ2n) is 7.27. The van der Waals surface area contributed by atoms with E-state index < -0.39 is 11.9 Å². The lowest BCUT2D eigenvalue weighted by Crippen LogP contribution is -2.52. The summed E-state index contributed by atoms with van der Waals surface area (Å²) in [6.45, 7) is 0.971. The molecule has 4 N–H and O–H groups in total. The number of nitrogens with zero attached hydrogens (tertiary/aromatic N) is 1. The lowest BCUT2D eigenvalue weighted by Gasteiger charge is -2.29. The molecule has 1 saturated heterocycles. The maximum absolute atomic E-state index is 12.6. The van der Waals surface area contributed by atoms with Gasteiger partial charge in [0.2, 0.25) is 17.7 Å². The van der Waals surface area contributed by atoms with Crippen molar-refractivity contribution in [2.45, 2.75) is 57.5 Å². The Bertz CT molecular complexity index is 792. The molecule has 0 radical (unpaired) electrons. The second-order valence-corrected chi connectivity index (χ2v) is 7.27. The van der Waals surface area contributed by atoms with Crippen LogP contribution in [-0.2, 0) is 20.9 Å². The molecule has 0 bridgehead atoms. The van der Waals surface area contributed by atoms with Crippen molar-refractivity contribution in [3.63, 3.8) is 0 Å². The maximum atomic E-state index is 12.6. The molecule has 28 heavy (non-hydrogen) atoms. The fraction of sp³-hybridized carbons (Fsp3) is 0.500. The Morgan fingerprint density at radius 3 is 2.71 bits per heavy atom. The first kappa shape index (κ1) is 20.0. The lowest BCUT2D eigenvalue weighted by atomic mass is 10.0. The number of anilines is 1. The molecule has 3 rings (SSSR count). The van der Waals surface area contributed by atoms with Gasteiger partial charge >= 0.3 is 0 Å². The minimum absolute atomic E-state index is 0.0564. The Balaban J connectivity index is 1.58. The Morgan fingerprint density at radius 1 is 1.18 bits per heavy atom. The van der Waals surface area contributed by atoms with Crippen LogP contribution in [0.3, 0.4) is 0 Å². The summed E-state index contributed by atoms with van der Waals surface area (Å²) in [5.41, 5.74) is 7.40. The monoisotopic (exact) mass is 386 g/mol. The highest BCUT2D eigenvalue weighted by molar-refractivity contribution is 6.05. The second kappa shape index (κ2) is 8.97. The molecule has 1 unspecified atom stereocenters. The molecular formula is C20H26N4O4. The highest BCUT2D eigenvalue weighted by atomic mass is 16.2. The Hall–Kier alpha value is -2.74. The van der Waals surface area contributed by atoms with Gasteiger partial charge in [-0.1, -0.05) is 12.8 Å². The summed E-state index contributed by atoms with van der Waals surface area (Å²) in [4.78, 5) is 49.6. The third-order valence-electron chi connectivity index (χ3n) is 5.17. The zero-order chi connectivity index (χ0) is 20.1. The van der Waals surface area contributed by atoms with Crippen molar-refractivity contribution in [1.29, 1.82) is 0 Å². The van der Waals surface area contributed by atoms with E-state index in [1.54, 1.807) is 18.2 Å². The first-order valence-electron chi connectivity index (χ1n) is 9.77. The van der Waals surface area contributed by atoms with Crippen molar-refractivity contribution < 1.29 is 19.2 Å². The predicted molar refractivity (Wildman–Crippen MR) is 103 cm³/mol. The van der Waals surface area contributed by atoms with E-state index in [9.17, 15) is 19.2 Å². The van der Waals surface area contributed by atoms with Crippen molar-refractivity contribution in [2.75, 3.05) is 11.9 Å². The molecule has 0 saturated carbocycles. The van der Waals surface area contributed by atoms with Gasteiger partial charge in [-0.15, -0.1) is 0 Å². The van der Waals surface area contributed by atoms with E-state index in [2.05, 4.69) is 10.6 Å². The van der Waals surface area contributed by atoms with E-state index in [4.69, 9.17) is 5.73 Å². The molecular weight excluding hydrogens is 360 g/mol. The van der Waals surface area contributed by atoms with Gasteiger partial charge in [-0.25, -0.2) is 0 Å². The predicted octanol–water partition coefficient (Wildman–Crippen LogP) is 1.30. The summed E-state index contributed by atoms with van der Waals surface area (Å²) in [5.74, 6) is -1.01. The number of nitrogens with one attached hydrogen (secondary N) is 2. The molecule has 1 atom stereocenters. The molecule has 0 aliphatic carbocycles. The van der Waals surface area contributed by atoms with E-state index in [-0.39, 0.29) is 24.1 Å². The number of carbonyl (C=O) groups is 4. The zero-order valence-electron chi connectivity index (χ0n) is 15.8. The highest BCUT2D eigenvalue weighted by Gasteiger charge is 2.39. The third-order valence-corrected chi connectivity index (χ3v) is 5.17. The minimum Gasteiger partial charge on any atom is -0.330 e. The molecule has 4 amide bonds. The van der Waals surface area contributed by atoms with Crippen LogP contribution < -0.4 is 16.4 Å². The van der Waals surface area contributed by atoms with Gasteiger partial charge in [-0.2, -0.15) is 0 Å². The van der Waals surface area contributed by atoms with Crippen LogP contribution in [0.1, 0.15) is 60.9 Å². The summed E-state index contributed by atoms with van der Waals surface area (Å²) in [7, 11) is 0. The normalized spacial score (nSPS) is 18.8. The van der Waals surface area contributed by atoms with Gasteiger partial charge in [0.25, 0.3) is 5.91 Å². The van der Waals surface area contributed by atoms with Crippen LogP contribution in [-0.4, -0.2) is 41.1 Å². The van der Waals surface area contributed by atoms with Gasteiger partial charge in [0, 0.05) is 30.6 Å². The molecule has 0 spiro atoms. The number of piperidine rings is 1. The fourth-order valence-corrected chi connectivity index (χ4v) is 3.66. The first-order chi connectivity index (χ1) is 13.5. The number of rotatable bonds is 8. The van der Waals surface area contributed by atoms with Crippen molar-refractivity contribution in [2.24, 2.45) is 5.73 Å². The van der Waals surface area contributed by atoms with E-state index >= 15 is 0 Å². The van der Waals surface area contributed by atoms with Crippen molar-refractivity contribution in [3.05, 3.63) is 29.3 Å². The Morgan fingerprint density at radius 2 is 1.96 bits per heavy atom. The molecule has 2 heterocycles. The molecule has 2 aliphatic rings. The molecule has 0 aromatic heterocycles. The van der Waals surface area contributed by atoms with Gasteiger partial charge in [0.05, 0.1) is 0 Å². The summed E-state index contributed by atoms with van der Waals surface area (Å²) in [5, 5.41) is 5.16. The van der Waals surface area contributed by atoms with Crippen LogP contribution in [0.2, 0.25) is 0 Å². The maximum Gasteiger partial charge on any atom is 0.255 e. The smallest absolute Gasteiger partial charge is 0.255 e. The Labute approximate surface area is 163 Å². The fourth-order valence-electron chi connectivity index (χ4n) is 3.66. The lowest BCUT2D eigenvalue weighted by molar-refractivity contribution is -0.137. The van der Waals surface area contributed by atoms with Gasteiger partial charge in [-0.3, -0.25) is 24.5 Å². The zero-order valence-corrected chi connectivity index (χ0v) is 15.8. The highest BCUT2D eigenvalue weighted by Crippen LogP contribution is 2.29. The van der Waals surface area contributed by atoms with E-state index in [0.29, 0.717) is 37.2 Å². The number of benzene rings is 1. The van der Waals surface area contributed by atoms with E-state index in [0.717, 1.165) is 31.2 Å². The molecule has 1 fully saturated rings. The molecule has 8 nitrogen and oxygen atoms in total. The molecule has 1 aromatic carbocycles. The molecule has 1 aromatic rings. The quantitative estimate of drug-likeness (QED) is 0.459. The summed E-state index contributed by atoms with van der Waals surface area (Å²) >= 11 is 0. The molecule has 2 aliphatic heterocycles. The Kier molecular flexibility index (Phi) is 6.41. The minimum atomic E-state index is -0.635. The number of unbranched alkanes of at least 4 members (excludes halogenated alkanes) is 3. The van der Waals surface area contributed by atoms with Crippen molar-refractivity contribution in [1.82, 2.24) is 10.2 Å². The summed E-state index contributed by atoms with van der Waals surface area (Å²) < 4.78 is 0. The van der Waals surface area contributed by atoms with E-state index in [1.807, 2.05) is 0 Å². The number of carbonyl (C=O) groups excluding carboxylic acids is 4. The van der Waals surface area contributed by atoms with Gasteiger partial charge in [-0.05, 0) is 49.6 Å². The number of hydrogen-bond donors (Lipinski definition) is 3. The topological polar surface area (TPSA) is 122 Å². The van der Waals surface area contributed by atoms with Crippen LogP contribution in [0.4, 0.5) is 5.69 Å². The SMILES string of the molecule is NCCCCCCC(=O)Nc1ccc2c(c1)CN(C1CCC(=O)NC1=O)C2=O. The van der Waals surface area contributed by atoms with Crippen LogP contribution in [0, 0.1) is 0 Å². The van der Waals surface area contributed by atoms with E-state index in [1.165, 1.54) is 4.90 Å². The average Bonchev–Trinajstić information content (AvgIpc) is 2.97. The van der Waals surface area contributed by atoms with Crippen LogP contribution in [0.5, 0.6) is 0 Å². The summed E-state index contributed by atoms with van der Waals surface area (Å²) in [6.07, 6.45) is 4.80. The number of imide groups is 1. The molecule has 150 valence electrons. The standard InChI is InChI=1S/C20H26N4O4/c21-10-4-2-1-3-5-17(25)22-14-6-7-15-13(11-14)12-24(20(15)28)16-8-9-18(26)23-19(16)27/h6-7,11,16H,1-5,8-10,12,21H2,(H,22,25)(H,23,26,27). The number of nitrogens with two attached hydrogens (primary N) is 1. The largest absolute Gasteiger partial charge is 0.330 e. The average molecular weight is 386 g/mol. The van der Waals surface area contributed by atoms with Gasteiger partial charge < -0.3 is 16.0 Å². The van der Waals surface area contributed by atoms with Crippen LogP contribution in [0.15, 0.2) is 18.2 Å². The number of fused-ring (bicyclic) bond motifs is 1. The van der Waals surface area contributed by atoms with Gasteiger partial charge in [0.15, 0.2) is 0 Å². The summed E-state index contributed by atoms with van der Waals surface area (Å²) in [6, 6.07) is 4.53. The number of hydrogen-bond acceptors (Lipinski definition) is 5. The van der Waals surface area contributed by atoms with Crippen LogP contribution in [0.25, 0.3) is 0 Å².